The lowest BCUT2D eigenvalue weighted by atomic mass is 10.0. The highest BCUT2D eigenvalue weighted by atomic mass is 32.2. The number of nitrogens with zero attached hydrogens (tertiary/aromatic N) is 4. The molecule has 2 saturated heterocycles. The zero-order valence-corrected chi connectivity index (χ0v) is 25.7. The van der Waals surface area contributed by atoms with Gasteiger partial charge < -0.3 is 9.33 Å². The van der Waals surface area contributed by atoms with Crippen molar-refractivity contribution >= 4 is 41.1 Å². The van der Waals surface area contributed by atoms with E-state index in [0.717, 1.165) is 18.2 Å². The van der Waals surface area contributed by atoms with Gasteiger partial charge in [0.2, 0.25) is 0 Å². The third-order valence-electron chi connectivity index (χ3n) is 8.38. The fourth-order valence-corrected chi connectivity index (χ4v) is 7.83. The predicted octanol–water partition coefficient (Wildman–Crippen LogP) is 5.95. The average molecular weight is 608 g/mol. The molecule has 1 aromatic carbocycles. The van der Waals surface area contributed by atoms with Gasteiger partial charge in [0.1, 0.15) is 29.1 Å². The summed E-state index contributed by atoms with van der Waals surface area (Å²) in [5.41, 5.74) is 0.958. The van der Waals surface area contributed by atoms with Gasteiger partial charge in [-0.1, -0.05) is 20.8 Å². The van der Waals surface area contributed by atoms with Crippen molar-refractivity contribution in [3.05, 3.63) is 59.8 Å². The van der Waals surface area contributed by atoms with Crippen LogP contribution in [0, 0.1) is 11.6 Å². The van der Waals surface area contributed by atoms with E-state index in [1.807, 2.05) is 0 Å². The first-order chi connectivity index (χ1) is 19.1. The number of hydrogen-bond donors (Lipinski definition) is 1. The van der Waals surface area contributed by atoms with Crippen LogP contribution in [0.2, 0.25) is 18.1 Å². The van der Waals surface area contributed by atoms with Gasteiger partial charge in [-0.15, -0.1) is 0 Å². The molecule has 41 heavy (non-hydrogen) atoms. The Morgan fingerprint density at radius 1 is 1.10 bits per heavy atom. The molecule has 0 amide bonds. The van der Waals surface area contributed by atoms with Crippen LogP contribution in [0.4, 0.5) is 24.7 Å². The Bertz CT molecular complexity index is 1550. The number of aromatic nitrogens is 2. The molecule has 222 valence electrons. The smallest absolute Gasteiger partial charge is 0.301 e. The molecule has 1 unspecified atom stereocenters. The maximum atomic E-state index is 14.6. The largest absolute Gasteiger partial charge is 0.413 e. The second kappa shape index (κ2) is 10.8. The van der Waals surface area contributed by atoms with Gasteiger partial charge >= 0.3 is 10.2 Å². The van der Waals surface area contributed by atoms with Crippen LogP contribution in [-0.4, -0.2) is 62.9 Å². The van der Waals surface area contributed by atoms with Gasteiger partial charge in [-0.05, 0) is 61.0 Å². The summed E-state index contributed by atoms with van der Waals surface area (Å²) in [6.45, 7) is 11.2. The van der Waals surface area contributed by atoms with E-state index >= 15 is 0 Å². The number of hydrogen-bond acceptors (Lipinski definition) is 6. The monoisotopic (exact) mass is 607 g/mol. The van der Waals surface area contributed by atoms with Gasteiger partial charge in [-0.2, -0.15) is 12.7 Å². The Hall–Kier alpha value is -2.74. The quantitative estimate of drug-likeness (QED) is 0.334. The minimum atomic E-state index is -3.95. The van der Waals surface area contributed by atoms with Crippen molar-refractivity contribution in [2.45, 2.75) is 70.1 Å². The Morgan fingerprint density at radius 2 is 1.85 bits per heavy atom. The van der Waals surface area contributed by atoms with Crippen molar-refractivity contribution in [1.82, 2.24) is 14.3 Å². The van der Waals surface area contributed by atoms with E-state index in [9.17, 15) is 21.6 Å². The highest BCUT2D eigenvalue weighted by molar-refractivity contribution is 7.90. The van der Waals surface area contributed by atoms with Gasteiger partial charge in [-0.3, -0.25) is 9.71 Å². The Balaban J connectivity index is 1.40. The molecular formula is C28H36F3N5O3SSi. The molecule has 4 heterocycles. The summed E-state index contributed by atoms with van der Waals surface area (Å²) in [4.78, 5) is 10.5. The van der Waals surface area contributed by atoms with Crippen LogP contribution in [-0.2, 0) is 14.6 Å². The summed E-state index contributed by atoms with van der Waals surface area (Å²) >= 11 is 0. The van der Waals surface area contributed by atoms with Crippen molar-refractivity contribution in [2.75, 3.05) is 29.3 Å². The van der Waals surface area contributed by atoms with E-state index in [2.05, 4.69) is 48.6 Å². The topological polar surface area (TPSA) is 87.7 Å². The molecule has 13 heteroatoms. The van der Waals surface area contributed by atoms with Crippen LogP contribution >= 0.6 is 0 Å². The number of nitrogens with one attached hydrogen (secondary N) is 1. The molecular weight excluding hydrogens is 571 g/mol. The number of rotatable bonds is 7. The number of fused-ring (bicyclic) bond motifs is 1. The molecule has 0 saturated carbocycles. The highest BCUT2D eigenvalue weighted by Gasteiger charge is 2.42. The molecule has 8 nitrogen and oxygen atoms in total. The lowest BCUT2D eigenvalue weighted by Gasteiger charge is -2.38. The molecule has 0 spiro atoms. The van der Waals surface area contributed by atoms with E-state index in [4.69, 9.17) is 4.43 Å². The number of halogens is 3. The predicted molar refractivity (Wildman–Crippen MR) is 156 cm³/mol. The zero-order valence-electron chi connectivity index (χ0n) is 23.9. The zero-order chi connectivity index (χ0) is 29.7. The fraction of sp³-hybridized carbons (Fsp3) is 0.500. The SMILES string of the molecule is CC(C)(C)[Si](C)(C)OC1CCN(S(=O)(=O)Nc2ccnc3ccc(N4C[C@@H](F)C[C@@H]4c4cc(F)ccc4F)nc23)C1. The van der Waals surface area contributed by atoms with Gasteiger partial charge in [0.05, 0.1) is 29.9 Å². The molecule has 0 bridgehead atoms. The Labute approximate surface area is 240 Å². The third kappa shape index (κ3) is 6.08. The summed E-state index contributed by atoms with van der Waals surface area (Å²) in [5, 5.41) is 0.00777. The average Bonchev–Trinajstić information content (AvgIpc) is 3.51. The third-order valence-corrected chi connectivity index (χ3v) is 14.4. The van der Waals surface area contributed by atoms with E-state index in [1.165, 1.54) is 16.6 Å². The van der Waals surface area contributed by atoms with Gasteiger partial charge in [0, 0.05) is 31.3 Å². The number of pyridine rings is 2. The standard InChI is InChI=1S/C28H36F3N5O3SSi/c1-28(2,3)41(4,5)39-20-11-13-35(17-20)40(37,38)34-24-10-12-32-23-8-9-26(33-27(23)24)36-16-19(30)15-25(36)21-14-18(29)6-7-22(21)31/h6-10,12,14,19-20,25H,11,13,15-17H2,1-5H3,(H,32,34)/t19-,20?,25+/m0/s1. The molecule has 2 fully saturated rings. The van der Waals surface area contributed by atoms with Crippen molar-refractivity contribution in [2.24, 2.45) is 0 Å². The minimum absolute atomic E-state index is 0.00777. The first-order valence-electron chi connectivity index (χ1n) is 13.7. The normalized spacial score (nSPS) is 22.5. The number of anilines is 2. The van der Waals surface area contributed by atoms with Crippen molar-refractivity contribution < 1.29 is 26.0 Å². The molecule has 2 aromatic heterocycles. The van der Waals surface area contributed by atoms with Gasteiger partial charge in [0.25, 0.3) is 0 Å². The van der Waals surface area contributed by atoms with Crippen molar-refractivity contribution in [3.63, 3.8) is 0 Å². The Kier molecular flexibility index (Phi) is 7.85. The summed E-state index contributed by atoms with van der Waals surface area (Å²) in [7, 11) is -6.01. The first-order valence-corrected chi connectivity index (χ1v) is 18.1. The minimum Gasteiger partial charge on any atom is -0.413 e. The van der Waals surface area contributed by atoms with Crippen LogP contribution in [0.5, 0.6) is 0 Å². The second-order valence-corrected chi connectivity index (χ2v) is 18.7. The Morgan fingerprint density at radius 3 is 2.59 bits per heavy atom. The number of alkyl halides is 1. The van der Waals surface area contributed by atoms with Crippen LogP contribution in [0.3, 0.4) is 0 Å². The summed E-state index contributed by atoms with van der Waals surface area (Å²) in [6.07, 6.45) is 0.594. The maximum Gasteiger partial charge on any atom is 0.301 e. The van der Waals surface area contributed by atoms with E-state index in [1.54, 1.807) is 17.0 Å². The van der Waals surface area contributed by atoms with Crippen LogP contribution in [0.25, 0.3) is 11.0 Å². The van der Waals surface area contributed by atoms with E-state index in [0.29, 0.717) is 24.3 Å². The molecule has 3 aromatic rings. The molecule has 2 aliphatic heterocycles. The van der Waals surface area contributed by atoms with Gasteiger partial charge in [-0.25, -0.2) is 18.2 Å². The first kappa shape index (κ1) is 29.7. The van der Waals surface area contributed by atoms with Crippen molar-refractivity contribution in [3.8, 4) is 0 Å². The van der Waals surface area contributed by atoms with Crippen LogP contribution in [0.15, 0.2) is 42.6 Å². The molecule has 5 rings (SSSR count). The summed E-state index contributed by atoms with van der Waals surface area (Å²) < 4.78 is 80.5. The maximum absolute atomic E-state index is 14.6. The van der Waals surface area contributed by atoms with Crippen molar-refractivity contribution in [1.29, 1.82) is 0 Å². The fourth-order valence-electron chi connectivity index (χ4n) is 5.17. The lowest BCUT2D eigenvalue weighted by Crippen LogP contribution is -2.45. The number of benzene rings is 1. The summed E-state index contributed by atoms with van der Waals surface area (Å²) in [6, 6.07) is 7.14. The second-order valence-electron chi connectivity index (χ2n) is 12.3. The van der Waals surface area contributed by atoms with Crippen LogP contribution in [0.1, 0.15) is 45.2 Å². The van der Waals surface area contributed by atoms with Crippen LogP contribution < -0.4 is 9.62 Å². The lowest BCUT2D eigenvalue weighted by molar-refractivity contribution is 0.193. The molecule has 2 aliphatic rings. The summed E-state index contributed by atoms with van der Waals surface area (Å²) in [5.74, 6) is -0.938. The molecule has 0 radical (unpaired) electrons. The molecule has 0 aliphatic carbocycles. The van der Waals surface area contributed by atoms with E-state index < -0.39 is 42.4 Å². The van der Waals surface area contributed by atoms with E-state index in [-0.39, 0.29) is 47.4 Å². The molecule has 1 N–H and O–H groups in total. The molecule has 3 atom stereocenters. The highest BCUT2D eigenvalue weighted by Crippen LogP contribution is 2.40. The van der Waals surface area contributed by atoms with Gasteiger partial charge in [0.15, 0.2) is 8.32 Å².